The van der Waals surface area contributed by atoms with Crippen molar-refractivity contribution in [2.75, 3.05) is 0 Å². The third-order valence-electron chi connectivity index (χ3n) is 3.12. The van der Waals surface area contributed by atoms with E-state index >= 15 is 0 Å². The molecule has 0 saturated heterocycles. The third kappa shape index (κ3) is 3.05. The summed E-state index contributed by atoms with van der Waals surface area (Å²) in [5, 5.41) is 0.547. The smallest absolute Gasteiger partial charge is 0.194 e. The molecule has 102 valence electrons. The van der Waals surface area contributed by atoms with E-state index in [1.54, 1.807) is 30.3 Å². The fourth-order valence-electron chi connectivity index (χ4n) is 1.89. The summed E-state index contributed by atoms with van der Waals surface area (Å²) < 4.78 is 6.41. The number of rotatable bonds is 4. The summed E-state index contributed by atoms with van der Waals surface area (Å²) in [5.74, 6) is 0.756. The Bertz CT molecular complexity index is 648. The van der Waals surface area contributed by atoms with E-state index in [1.165, 1.54) is 0 Å². The number of ether oxygens (including phenoxy) is 1. The average molecular weight is 352 g/mol. The van der Waals surface area contributed by atoms with Gasteiger partial charge >= 0.3 is 0 Å². The molecule has 0 bridgehead atoms. The van der Waals surface area contributed by atoms with Crippen LogP contribution >= 0.6 is 27.5 Å². The minimum absolute atomic E-state index is 0.0580. The Hall–Kier alpha value is -1.32. The zero-order valence-corrected chi connectivity index (χ0v) is 12.9. The number of carbonyl (C=O) groups excluding carboxylic acids is 1. The second-order valence-electron chi connectivity index (χ2n) is 4.79. The van der Waals surface area contributed by atoms with Crippen LogP contribution in [0.2, 0.25) is 5.02 Å². The van der Waals surface area contributed by atoms with Gasteiger partial charge in [0.15, 0.2) is 5.78 Å². The first-order chi connectivity index (χ1) is 9.63. The van der Waals surface area contributed by atoms with Crippen molar-refractivity contribution in [3.8, 4) is 5.75 Å². The van der Waals surface area contributed by atoms with Crippen molar-refractivity contribution in [3.05, 3.63) is 63.1 Å². The summed E-state index contributed by atoms with van der Waals surface area (Å²) in [4.78, 5) is 12.4. The number of hydrogen-bond acceptors (Lipinski definition) is 2. The minimum Gasteiger partial charge on any atom is -0.490 e. The molecule has 0 aliphatic heterocycles. The molecule has 0 atom stereocenters. The van der Waals surface area contributed by atoms with Crippen LogP contribution in [0.1, 0.15) is 28.8 Å². The van der Waals surface area contributed by atoms with E-state index in [-0.39, 0.29) is 5.78 Å². The second-order valence-corrected chi connectivity index (χ2v) is 6.09. The number of benzene rings is 2. The Balaban J connectivity index is 1.83. The predicted molar refractivity (Wildman–Crippen MR) is 82.7 cm³/mol. The number of carbonyl (C=O) groups is 1. The summed E-state index contributed by atoms with van der Waals surface area (Å²) in [5.41, 5.74) is 1.18. The molecule has 0 N–H and O–H groups in total. The minimum atomic E-state index is -0.0580. The second kappa shape index (κ2) is 5.58. The maximum absolute atomic E-state index is 12.4. The molecule has 4 heteroatoms. The van der Waals surface area contributed by atoms with Crippen LogP contribution in [0.4, 0.5) is 0 Å². The van der Waals surface area contributed by atoms with E-state index in [0.29, 0.717) is 22.3 Å². The van der Waals surface area contributed by atoms with Crippen molar-refractivity contribution in [1.82, 2.24) is 0 Å². The highest BCUT2D eigenvalue weighted by molar-refractivity contribution is 9.10. The average Bonchev–Trinajstić information content (AvgIpc) is 3.26. The molecular formula is C16H12BrClO2. The van der Waals surface area contributed by atoms with Crippen LogP contribution in [0.15, 0.2) is 46.9 Å². The quantitative estimate of drug-likeness (QED) is 0.734. The van der Waals surface area contributed by atoms with Gasteiger partial charge in [-0.1, -0.05) is 27.5 Å². The monoisotopic (exact) mass is 350 g/mol. The molecule has 0 spiro atoms. The Morgan fingerprint density at radius 2 is 1.85 bits per heavy atom. The maximum atomic E-state index is 12.4. The first-order valence-electron chi connectivity index (χ1n) is 6.40. The molecular weight excluding hydrogens is 340 g/mol. The topological polar surface area (TPSA) is 26.3 Å². The zero-order valence-electron chi connectivity index (χ0n) is 10.6. The lowest BCUT2D eigenvalue weighted by molar-refractivity contribution is 0.103. The van der Waals surface area contributed by atoms with E-state index in [4.69, 9.17) is 16.3 Å². The third-order valence-corrected chi connectivity index (χ3v) is 4.04. The van der Waals surface area contributed by atoms with Crippen LogP contribution in [0.5, 0.6) is 5.75 Å². The van der Waals surface area contributed by atoms with Gasteiger partial charge in [-0.05, 0) is 55.3 Å². The van der Waals surface area contributed by atoms with Gasteiger partial charge < -0.3 is 4.74 Å². The van der Waals surface area contributed by atoms with Crippen molar-refractivity contribution in [3.63, 3.8) is 0 Å². The summed E-state index contributed by atoms with van der Waals surface area (Å²) in [6.07, 6.45) is 2.60. The standard InChI is InChI=1S/C16H12BrClO2/c17-15-8-3-11(18)9-14(15)16(19)10-1-4-12(5-2-10)20-13-6-7-13/h1-5,8-9,13H,6-7H2. The molecule has 20 heavy (non-hydrogen) atoms. The summed E-state index contributed by atoms with van der Waals surface area (Å²) in [6.45, 7) is 0. The van der Waals surface area contributed by atoms with Gasteiger partial charge in [-0.2, -0.15) is 0 Å². The van der Waals surface area contributed by atoms with Crippen molar-refractivity contribution in [2.45, 2.75) is 18.9 Å². The molecule has 1 aliphatic carbocycles. The zero-order chi connectivity index (χ0) is 14.1. The van der Waals surface area contributed by atoms with E-state index in [2.05, 4.69) is 15.9 Å². The molecule has 1 aliphatic rings. The first kappa shape index (κ1) is 13.7. The van der Waals surface area contributed by atoms with E-state index in [0.717, 1.165) is 23.1 Å². The number of ketones is 1. The van der Waals surface area contributed by atoms with Gasteiger partial charge in [-0.3, -0.25) is 4.79 Å². The number of hydrogen-bond donors (Lipinski definition) is 0. The number of halogens is 2. The van der Waals surface area contributed by atoms with Crippen LogP contribution in [0.25, 0.3) is 0 Å². The Morgan fingerprint density at radius 1 is 1.15 bits per heavy atom. The highest BCUT2D eigenvalue weighted by Gasteiger charge is 2.23. The van der Waals surface area contributed by atoms with Crippen molar-refractivity contribution >= 4 is 33.3 Å². The first-order valence-corrected chi connectivity index (χ1v) is 7.57. The van der Waals surface area contributed by atoms with Crippen molar-refractivity contribution < 1.29 is 9.53 Å². The van der Waals surface area contributed by atoms with Crippen LogP contribution in [0.3, 0.4) is 0 Å². The Morgan fingerprint density at radius 3 is 2.50 bits per heavy atom. The molecule has 0 radical (unpaired) electrons. The fraction of sp³-hybridized carbons (Fsp3) is 0.188. The largest absolute Gasteiger partial charge is 0.490 e. The molecule has 0 heterocycles. The van der Waals surface area contributed by atoms with Crippen LogP contribution in [-0.4, -0.2) is 11.9 Å². The molecule has 1 saturated carbocycles. The summed E-state index contributed by atoms with van der Waals surface area (Å²) in [7, 11) is 0. The van der Waals surface area contributed by atoms with Gasteiger partial charge in [0.05, 0.1) is 6.10 Å². The van der Waals surface area contributed by atoms with E-state index in [9.17, 15) is 4.79 Å². The van der Waals surface area contributed by atoms with Gasteiger partial charge in [0, 0.05) is 20.6 Å². The van der Waals surface area contributed by atoms with Crippen LogP contribution < -0.4 is 4.74 Å². The highest BCUT2D eigenvalue weighted by Crippen LogP contribution is 2.28. The maximum Gasteiger partial charge on any atom is 0.194 e. The summed E-state index contributed by atoms with van der Waals surface area (Å²) >= 11 is 9.32. The highest BCUT2D eigenvalue weighted by atomic mass is 79.9. The van der Waals surface area contributed by atoms with Crippen LogP contribution in [-0.2, 0) is 0 Å². The molecule has 0 unspecified atom stereocenters. The Kier molecular flexibility index (Phi) is 3.81. The van der Waals surface area contributed by atoms with Crippen molar-refractivity contribution in [2.24, 2.45) is 0 Å². The summed E-state index contributed by atoms with van der Waals surface area (Å²) in [6, 6.07) is 12.4. The van der Waals surface area contributed by atoms with Gasteiger partial charge in [0.2, 0.25) is 0 Å². The predicted octanol–water partition coefficient (Wildman–Crippen LogP) is 4.87. The van der Waals surface area contributed by atoms with Gasteiger partial charge in [0.25, 0.3) is 0 Å². The van der Waals surface area contributed by atoms with Gasteiger partial charge in [-0.25, -0.2) is 0 Å². The normalized spacial score (nSPS) is 14.1. The molecule has 2 aromatic carbocycles. The van der Waals surface area contributed by atoms with Gasteiger partial charge in [0.1, 0.15) is 5.75 Å². The van der Waals surface area contributed by atoms with Crippen molar-refractivity contribution in [1.29, 1.82) is 0 Å². The van der Waals surface area contributed by atoms with Gasteiger partial charge in [-0.15, -0.1) is 0 Å². The Labute approximate surface area is 130 Å². The molecule has 3 rings (SSSR count). The fourth-order valence-corrected chi connectivity index (χ4v) is 2.49. The molecule has 0 amide bonds. The molecule has 0 aromatic heterocycles. The van der Waals surface area contributed by atoms with E-state index < -0.39 is 0 Å². The molecule has 1 fully saturated rings. The SMILES string of the molecule is O=C(c1ccc(OC2CC2)cc1)c1cc(Cl)ccc1Br. The lowest BCUT2D eigenvalue weighted by Gasteiger charge is -2.07. The van der Waals surface area contributed by atoms with E-state index in [1.807, 2.05) is 12.1 Å². The lowest BCUT2D eigenvalue weighted by Crippen LogP contribution is -2.03. The lowest BCUT2D eigenvalue weighted by atomic mass is 10.0. The van der Waals surface area contributed by atoms with Crippen LogP contribution in [0, 0.1) is 0 Å². The molecule has 2 nitrogen and oxygen atoms in total. The molecule has 2 aromatic rings.